The first-order valence-electron chi connectivity index (χ1n) is 11.1. The van der Waals surface area contributed by atoms with Crippen LogP contribution < -0.4 is 10.4 Å². The van der Waals surface area contributed by atoms with Crippen LogP contribution in [0.3, 0.4) is 0 Å². The molecular weight excluding hydrogens is 418 g/mol. The van der Waals surface area contributed by atoms with Crippen molar-refractivity contribution in [1.82, 2.24) is 4.98 Å². The Morgan fingerprint density at radius 2 is 1.68 bits per heavy atom. The maximum absolute atomic E-state index is 11.9. The summed E-state index contributed by atoms with van der Waals surface area (Å²) in [5.74, 6) is 0.959. The molecule has 0 spiro atoms. The third-order valence-corrected chi connectivity index (χ3v) is 13.3. The van der Waals surface area contributed by atoms with Gasteiger partial charge in [0, 0.05) is 29.3 Å². The van der Waals surface area contributed by atoms with Gasteiger partial charge in [0.15, 0.2) is 0 Å². The maximum atomic E-state index is 11.9. The van der Waals surface area contributed by atoms with Crippen molar-refractivity contribution < 1.29 is 9.22 Å². The van der Waals surface area contributed by atoms with Gasteiger partial charge in [0.2, 0.25) is 0 Å². The van der Waals surface area contributed by atoms with E-state index >= 15 is 0 Å². The van der Waals surface area contributed by atoms with Crippen LogP contribution in [0.15, 0.2) is 66.9 Å². The average Bonchev–Trinajstić information content (AvgIpc) is 3.10. The first kappa shape index (κ1) is 20.8. The Morgan fingerprint density at radius 1 is 1.06 bits per heavy atom. The molecule has 3 aromatic rings. The van der Waals surface area contributed by atoms with Gasteiger partial charge in [0.05, 0.1) is 6.61 Å². The highest BCUT2D eigenvalue weighted by Gasteiger charge is 2.62. The molecule has 5 heteroatoms. The standard InChI is InChI=1S/C26H29NO2SSi/c1-25(2,3)31(21-10-6-4-7-11-21,22-12-8-5-9-13-22)29-18-24-27-17-23(30-24)26-15-19(26)14-20(28)16-26/h4-13,17,19H,14-16,18H2,1-3H3. The summed E-state index contributed by atoms with van der Waals surface area (Å²) in [4.78, 5) is 17.9. The van der Waals surface area contributed by atoms with Gasteiger partial charge < -0.3 is 4.43 Å². The van der Waals surface area contributed by atoms with Crippen molar-refractivity contribution >= 4 is 35.8 Å². The highest BCUT2D eigenvalue weighted by molar-refractivity contribution is 7.11. The zero-order valence-electron chi connectivity index (χ0n) is 18.4. The van der Waals surface area contributed by atoms with Crippen LogP contribution >= 0.6 is 11.3 Å². The first-order valence-corrected chi connectivity index (χ1v) is 13.8. The Hall–Kier alpha value is -2.08. The van der Waals surface area contributed by atoms with Crippen molar-refractivity contribution in [3.63, 3.8) is 0 Å². The molecule has 1 aromatic heterocycles. The third-order valence-electron chi connectivity index (χ3n) is 7.09. The van der Waals surface area contributed by atoms with Crippen LogP contribution in [0.25, 0.3) is 0 Å². The maximum Gasteiger partial charge on any atom is 0.261 e. The molecule has 2 aliphatic rings. The van der Waals surface area contributed by atoms with Crippen LogP contribution in [0.5, 0.6) is 0 Å². The molecule has 3 nitrogen and oxygen atoms in total. The predicted octanol–water partition coefficient (Wildman–Crippen LogP) is 4.84. The van der Waals surface area contributed by atoms with Gasteiger partial charge in [-0.25, -0.2) is 4.98 Å². The highest BCUT2D eigenvalue weighted by atomic mass is 32.1. The molecule has 160 valence electrons. The Labute approximate surface area is 189 Å². The molecule has 0 saturated heterocycles. The molecule has 2 fully saturated rings. The van der Waals surface area contributed by atoms with Crippen molar-refractivity contribution in [2.75, 3.05) is 0 Å². The Balaban J connectivity index is 1.48. The summed E-state index contributed by atoms with van der Waals surface area (Å²) >= 11 is 1.75. The fourth-order valence-electron chi connectivity index (χ4n) is 5.49. The number of rotatable bonds is 6. The lowest BCUT2D eigenvalue weighted by molar-refractivity contribution is -0.118. The Morgan fingerprint density at radius 3 is 2.19 bits per heavy atom. The van der Waals surface area contributed by atoms with Gasteiger partial charge in [-0.2, -0.15) is 0 Å². The second kappa shape index (κ2) is 7.50. The summed E-state index contributed by atoms with van der Waals surface area (Å²) in [6.07, 6.45) is 4.62. The number of benzene rings is 2. The van der Waals surface area contributed by atoms with Crippen LogP contribution in [0.1, 0.15) is 49.9 Å². The lowest BCUT2D eigenvalue weighted by atomic mass is 10.0. The lowest BCUT2D eigenvalue weighted by Crippen LogP contribution is -2.66. The zero-order valence-corrected chi connectivity index (χ0v) is 20.2. The van der Waals surface area contributed by atoms with E-state index in [2.05, 4.69) is 81.4 Å². The fourth-order valence-corrected chi connectivity index (χ4v) is 11.2. The number of aromatic nitrogens is 1. The number of hydrogen-bond acceptors (Lipinski definition) is 4. The Kier molecular flexibility index (Phi) is 5.03. The number of carbonyl (C=O) groups excluding carboxylic acids is 1. The summed E-state index contributed by atoms with van der Waals surface area (Å²) in [6.45, 7) is 7.39. The second-order valence-corrected chi connectivity index (χ2v) is 15.5. The van der Waals surface area contributed by atoms with Gasteiger partial charge in [-0.3, -0.25) is 4.79 Å². The van der Waals surface area contributed by atoms with Gasteiger partial charge in [0.1, 0.15) is 10.8 Å². The van der Waals surface area contributed by atoms with Gasteiger partial charge in [-0.1, -0.05) is 81.4 Å². The average molecular weight is 448 g/mol. The lowest BCUT2D eigenvalue weighted by Gasteiger charge is -2.42. The molecule has 0 amide bonds. The minimum Gasteiger partial charge on any atom is -0.401 e. The van der Waals surface area contributed by atoms with E-state index in [1.54, 1.807) is 11.3 Å². The SMILES string of the molecule is CC(C)(C)[Si](OCc1ncc(C23CC(=O)CC2C3)s1)(c1ccccc1)c1ccccc1. The summed E-state index contributed by atoms with van der Waals surface area (Å²) in [6, 6.07) is 21.5. The monoisotopic (exact) mass is 447 g/mol. The topological polar surface area (TPSA) is 39.2 Å². The molecule has 2 unspecified atom stereocenters. The Bertz CT molecular complexity index is 1050. The van der Waals surface area contributed by atoms with Crippen LogP contribution in [-0.2, 0) is 21.2 Å². The van der Waals surface area contributed by atoms with Crippen LogP contribution in [0, 0.1) is 5.92 Å². The van der Waals surface area contributed by atoms with Gasteiger partial charge in [-0.15, -0.1) is 11.3 Å². The van der Waals surface area contributed by atoms with Crippen molar-refractivity contribution in [3.8, 4) is 0 Å². The number of hydrogen-bond donors (Lipinski definition) is 0. The molecule has 1 heterocycles. The van der Waals surface area contributed by atoms with Crippen molar-refractivity contribution in [2.45, 2.75) is 57.1 Å². The van der Waals surface area contributed by atoms with E-state index in [1.165, 1.54) is 15.3 Å². The number of nitrogens with zero attached hydrogens (tertiary/aromatic N) is 1. The molecule has 2 atom stereocenters. The van der Waals surface area contributed by atoms with Gasteiger partial charge in [0.25, 0.3) is 8.32 Å². The van der Waals surface area contributed by atoms with E-state index in [9.17, 15) is 4.79 Å². The number of thiazole rings is 1. The molecular formula is C26H29NO2SSi. The molecule has 0 radical (unpaired) electrons. The number of ketones is 1. The molecule has 5 rings (SSSR count). The molecule has 0 N–H and O–H groups in total. The van der Waals surface area contributed by atoms with Crippen LogP contribution in [0.4, 0.5) is 0 Å². The summed E-state index contributed by atoms with van der Waals surface area (Å²) in [5, 5.41) is 3.54. The second-order valence-electron chi connectivity index (χ2n) is 10.0. The van der Waals surface area contributed by atoms with E-state index in [0.29, 0.717) is 24.7 Å². The number of fused-ring (bicyclic) bond motifs is 1. The van der Waals surface area contributed by atoms with Gasteiger partial charge in [-0.05, 0) is 27.8 Å². The molecule has 2 aromatic carbocycles. The molecule has 31 heavy (non-hydrogen) atoms. The smallest absolute Gasteiger partial charge is 0.261 e. The number of Topliss-reactive ketones (excluding diaryl/α,β-unsaturated/α-hetero) is 1. The summed E-state index contributed by atoms with van der Waals surface area (Å²) in [5.41, 5.74) is 0.102. The van der Waals surface area contributed by atoms with E-state index in [0.717, 1.165) is 17.8 Å². The van der Waals surface area contributed by atoms with E-state index in [-0.39, 0.29) is 10.5 Å². The van der Waals surface area contributed by atoms with E-state index < -0.39 is 8.32 Å². The molecule has 2 saturated carbocycles. The largest absolute Gasteiger partial charge is 0.401 e. The third kappa shape index (κ3) is 3.43. The fraction of sp³-hybridized carbons (Fsp3) is 0.385. The normalized spacial score (nSPS) is 23.1. The number of carbonyl (C=O) groups is 1. The quantitative estimate of drug-likeness (QED) is 0.508. The summed E-state index contributed by atoms with van der Waals surface area (Å²) < 4.78 is 7.02. The minimum atomic E-state index is -2.56. The van der Waals surface area contributed by atoms with Crippen molar-refractivity contribution in [2.24, 2.45) is 5.92 Å². The summed E-state index contributed by atoms with van der Waals surface area (Å²) in [7, 11) is -2.56. The van der Waals surface area contributed by atoms with Crippen molar-refractivity contribution in [3.05, 3.63) is 76.7 Å². The van der Waals surface area contributed by atoms with Crippen LogP contribution in [-0.4, -0.2) is 19.1 Å². The molecule has 0 aliphatic heterocycles. The van der Waals surface area contributed by atoms with E-state index in [4.69, 9.17) is 9.41 Å². The minimum absolute atomic E-state index is 0.0477. The van der Waals surface area contributed by atoms with Crippen molar-refractivity contribution in [1.29, 1.82) is 0 Å². The zero-order chi connectivity index (χ0) is 21.7. The van der Waals surface area contributed by atoms with Crippen LogP contribution in [0.2, 0.25) is 5.04 Å². The first-order chi connectivity index (χ1) is 14.8. The predicted molar refractivity (Wildman–Crippen MR) is 129 cm³/mol. The highest BCUT2D eigenvalue weighted by Crippen LogP contribution is 2.64. The molecule has 0 bridgehead atoms. The molecule has 2 aliphatic carbocycles. The van der Waals surface area contributed by atoms with E-state index in [1.807, 2.05) is 6.20 Å². The van der Waals surface area contributed by atoms with Gasteiger partial charge >= 0.3 is 0 Å².